The van der Waals surface area contributed by atoms with E-state index in [0.29, 0.717) is 19.0 Å². The van der Waals surface area contributed by atoms with Gasteiger partial charge in [0.2, 0.25) is 0 Å². The lowest BCUT2D eigenvalue weighted by Gasteiger charge is -2.20. The van der Waals surface area contributed by atoms with Gasteiger partial charge in [0, 0.05) is 12.6 Å². The van der Waals surface area contributed by atoms with E-state index in [9.17, 15) is 9.59 Å². The van der Waals surface area contributed by atoms with Crippen molar-refractivity contribution in [2.75, 3.05) is 6.54 Å². The van der Waals surface area contributed by atoms with Gasteiger partial charge in [-0.1, -0.05) is 6.92 Å². The fraction of sp³-hybridized carbons (Fsp3) is 0.438. The molecule has 0 aromatic carbocycles. The highest BCUT2D eigenvalue weighted by Gasteiger charge is 2.18. The number of fused-ring (bicyclic) bond motifs is 1. The molecular formula is C16H19N3O3. The molecule has 22 heavy (non-hydrogen) atoms. The summed E-state index contributed by atoms with van der Waals surface area (Å²) >= 11 is 0. The maximum absolute atomic E-state index is 12.1. The van der Waals surface area contributed by atoms with E-state index < -0.39 is 0 Å². The van der Waals surface area contributed by atoms with Crippen LogP contribution < -0.4 is 10.9 Å². The number of aryl methyl sites for hydroxylation is 1. The average molecular weight is 301 g/mol. The van der Waals surface area contributed by atoms with Crippen molar-refractivity contribution in [1.29, 1.82) is 0 Å². The number of nitrogens with zero attached hydrogens (tertiary/aromatic N) is 2. The number of hydrogen-bond donors (Lipinski definition) is 1. The predicted octanol–water partition coefficient (Wildman–Crippen LogP) is 1.39. The van der Waals surface area contributed by atoms with Crippen molar-refractivity contribution in [2.45, 2.75) is 32.7 Å². The van der Waals surface area contributed by atoms with Gasteiger partial charge < -0.3 is 9.73 Å². The molecule has 116 valence electrons. The molecule has 6 heteroatoms. The van der Waals surface area contributed by atoms with Crippen molar-refractivity contribution in [1.82, 2.24) is 15.1 Å². The van der Waals surface area contributed by atoms with Gasteiger partial charge in [-0.15, -0.1) is 0 Å². The van der Waals surface area contributed by atoms with Crippen LogP contribution in [0.1, 0.15) is 35.2 Å². The summed E-state index contributed by atoms with van der Waals surface area (Å²) in [5.41, 5.74) is 1.97. The maximum atomic E-state index is 12.1. The lowest BCUT2D eigenvalue weighted by atomic mass is 9.88. The molecule has 2 aromatic heterocycles. The normalized spacial score (nSPS) is 17.0. The molecule has 1 N–H and O–H groups in total. The van der Waals surface area contributed by atoms with E-state index in [1.165, 1.54) is 10.9 Å². The van der Waals surface area contributed by atoms with Crippen molar-refractivity contribution in [3.8, 4) is 0 Å². The SMILES string of the molecule is C[C@@H]1CCc2nn(CCNC(=O)c3ccco3)c(=O)cc2C1. The number of nitrogens with one attached hydrogen (secondary N) is 1. The van der Waals surface area contributed by atoms with E-state index in [0.717, 1.165) is 30.5 Å². The van der Waals surface area contributed by atoms with Crippen LogP contribution in [0.15, 0.2) is 33.7 Å². The fourth-order valence-electron chi connectivity index (χ4n) is 2.74. The van der Waals surface area contributed by atoms with Crippen molar-refractivity contribution in [3.63, 3.8) is 0 Å². The largest absolute Gasteiger partial charge is 0.459 e. The highest BCUT2D eigenvalue weighted by molar-refractivity contribution is 5.91. The third-order valence-electron chi connectivity index (χ3n) is 3.96. The molecule has 2 heterocycles. The van der Waals surface area contributed by atoms with E-state index in [1.54, 1.807) is 18.2 Å². The van der Waals surface area contributed by atoms with Gasteiger partial charge in [0.05, 0.1) is 18.5 Å². The Balaban J connectivity index is 1.63. The second-order valence-electron chi connectivity index (χ2n) is 5.76. The maximum Gasteiger partial charge on any atom is 0.287 e. The topological polar surface area (TPSA) is 77.1 Å². The first-order valence-electron chi connectivity index (χ1n) is 7.55. The molecule has 1 aliphatic rings. The summed E-state index contributed by atoms with van der Waals surface area (Å²) in [6, 6.07) is 4.94. The van der Waals surface area contributed by atoms with Gasteiger partial charge in [-0.2, -0.15) is 5.10 Å². The van der Waals surface area contributed by atoms with Gasteiger partial charge in [-0.3, -0.25) is 9.59 Å². The van der Waals surface area contributed by atoms with Crippen LogP contribution in [0.2, 0.25) is 0 Å². The molecule has 0 saturated heterocycles. The van der Waals surface area contributed by atoms with E-state index in [-0.39, 0.29) is 17.2 Å². The van der Waals surface area contributed by atoms with E-state index in [4.69, 9.17) is 4.42 Å². The molecule has 1 atom stereocenters. The number of rotatable bonds is 4. The average Bonchev–Trinajstić information content (AvgIpc) is 3.02. The number of carbonyl (C=O) groups excluding carboxylic acids is 1. The lowest BCUT2D eigenvalue weighted by Crippen LogP contribution is -2.33. The van der Waals surface area contributed by atoms with Crippen molar-refractivity contribution in [3.05, 3.63) is 51.8 Å². The Hall–Kier alpha value is -2.37. The van der Waals surface area contributed by atoms with E-state index in [2.05, 4.69) is 17.3 Å². The molecule has 0 unspecified atom stereocenters. The quantitative estimate of drug-likeness (QED) is 0.926. The van der Waals surface area contributed by atoms with Crippen LogP contribution in [0.5, 0.6) is 0 Å². The van der Waals surface area contributed by atoms with Crippen LogP contribution in [0.25, 0.3) is 0 Å². The Labute approximate surface area is 128 Å². The smallest absolute Gasteiger partial charge is 0.287 e. The number of hydrogen-bond acceptors (Lipinski definition) is 4. The second-order valence-corrected chi connectivity index (χ2v) is 5.76. The molecule has 0 saturated carbocycles. The number of aromatic nitrogens is 2. The lowest BCUT2D eigenvalue weighted by molar-refractivity contribution is 0.0924. The summed E-state index contributed by atoms with van der Waals surface area (Å²) in [7, 11) is 0. The van der Waals surface area contributed by atoms with Crippen LogP contribution in [0, 0.1) is 5.92 Å². The minimum atomic E-state index is -0.287. The number of furan rings is 1. The molecule has 2 aromatic rings. The van der Waals surface area contributed by atoms with Crippen molar-refractivity contribution in [2.24, 2.45) is 5.92 Å². The third kappa shape index (κ3) is 3.10. The molecule has 0 bridgehead atoms. The minimum absolute atomic E-state index is 0.111. The van der Waals surface area contributed by atoms with E-state index >= 15 is 0 Å². The summed E-state index contributed by atoms with van der Waals surface area (Å²) < 4.78 is 6.44. The zero-order valence-corrected chi connectivity index (χ0v) is 12.5. The summed E-state index contributed by atoms with van der Waals surface area (Å²) in [6.07, 6.45) is 4.39. The van der Waals surface area contributed by atoms with Crippen LogP contribution in [0.3, 0.4) is 0 Å². The highest BCUT2D eigenvalue weighted by Crippen LogP contribution is 2.21. The van der Waals surface area contributed by atoms with Gasteiger partial charge in [-0.05, 0) is 42.9 Å². The molecule has 1 amide bonds. The summed E-state index contributed by atoms with van der Waals surface area (Å²) in [4.78, 5) is 23.8. The highest BCUT2D eigenvalue weighted by atomic mass is 16.3. The Morgan fingerprint density at radius 3 is 3.18 bits per heavy atom. The molecule has 0 aliphatic heterocycles. The van der Waals surface area contributed by atoms with Crippen LogP contribution in [-0.2, 0) is 19.4 Å². The monoisotopic (exact) mass is 301 g/mol. The Bertz CT molecular complexity index is 719. The zero-order chi connectivity index (χ0) is 15.5. The molecule has 0 spiro atoms. The van der Waals surface area contributed by atoms with Crippen LogP contribution in [0.4, 0.5) is 0 Å². The van der Waals surface area contributed by atoms with Gasteiger partial charge >= 0.3 is 0 Å². The standard InChI is InChI=1S/C16H19N3O3/c1-11-4-5-13-12(9-11)10-15(20)19(18-13)7-6-17-16(21)14-3-2-8-22-14/h2-3,8,10-11H,4-7,9H2,1H3,(H,17,21)/t11-/m1/s1. The molecule has 3 rings (SSSR count). The molecule has 0 radical (unpaired) electrons. The van der Waals surface area contributed by atoms with Gasteiger partial charge in [0.15, 0.2) is 5.76 Å². The van der Waals surface area contributed by atoms with Gasteiger partial charge in [-0.25, -0.2) is 4.68 Å². The summed E-state index contributed by atoms with van der Waals surface area (Å²) in [6.45, 7) is 2.88. The van der Waals surface area contributed by atoms with Crippen molar-refractivity contribution < 1.29 is 9.21 Å². The molecular weight excluding hydrogens is 282 g/mol. The zero-order valence-electron chi connectivity index (χ0n) is 12.5. The first kappa shape index (κ1) is 14.6. The van der Waals surface area contributed by atoms with Crippen LogP contribution in [-0.4, -0.2) is 22.2 Å². The number of carbonyl (C=O) groups is 1. The first-order valence-corrected chi connectivity index (χ1v) is 7.55. The Morgan fingerprint density at radius 1 is 1.55 bits per heavy atom. The van der Waals surface area contributed by atoms with Gasteiger partial charge in [0.1, 0.15) is 0 Å². The fourth-order valence-corrected chi connectivity index (χ4v) is 2.74. The molecule has 0 fully saturated rings. The molecule has 6 nitrogen and oxygen atoms in total. The first-order chi connectivity index (χ1) is 10.6. The Kier molecular flexibility index (Phi) is 4.09. The predicted molar refractivity (Wildman–Crippen MR) is 80.7 cm³/mol. The van der Waals surface area contributed by atoms with Crippen molar-refractivity contribution >= 4 is 5.91 Å². The van der Waals surface area contributed by atoms with Crippen LogP contribution >= 0.6 is 0 Å². The summed E-state index contributed by atoms with van der Waals surface area (Å²) in [5.74, 6) is 0.585. The number of amides is 1. The van der Waals surface area contributed by atoms with E-state index in [1.807, 2.05) is 0 Å². The third-order valence-corrected chi connectivity index (χ3v) is 3.96. The second kappa shape index (κ2) is 6.17. The minimum Gasteiger partial charge on any atom is -0.459 e. The Morgan fingerprint density at radius 2 is 2.41 bits per heavy atom. The van der Waals surface area contributed by atoms with Gasteiger partial charge in [0.25, 0.3) is 11.5 Å². The summed E-state index contributed by atoms with van der Waals surface area (Å²) in [5, 5.41) is 7.15. The molecule has 1 aliphatic carbocycles.